The number of nitrogens with one attached hydrogen (secondary N) is 1. The highest BCUT2D eigenvalue weighted by molar-refractivity contribution is 6.33. The van der Waals surface area contributed by atoms with Gasteiger partial charge in [0.1, 0.15) is 12.3 Å². The fraction of sp³-hybridized carbons (Fsp3) is 0.375. The minimum atomic E-state index is -4.61. The number of fused-ring (bicyclic) bond motifs is 1. The van der Waals surface area contributed by atoms with Crippen molar-refractivity contribution in [1.82, 2.24) is 29.0 Å². The topological polar surface area (TPSA) is 153 Å². The maximum atomic E-state index is 13.4. The van der Waals surface area contributed by atoms with Crippen LogP contribution < -0.4 is 10.9 Å². The van der Waals surface area contributed by atoms with Gasteiger partial charge in [0.25, 0.3) is 11.5 Å². The predicted molar refractivity (Wildman–Crippen MR) is 170 cm³/mol. The molecule has 1 aromatic carbocycles. The number of piperidine rings is 1. The zero-order chi connectivity index (χ0) is 34.9. The molecule has 2 N–H and O–H groups in total. The number of nitrogens with zero attached hydrogens (tertiary/aromatic N) is 6. The van der Waals surface area contributed by atoms with Crippen molar-refractivity contribution >= 4 is 40.5 Å². The molecule has 13 nitrogen and oxygen atoms in total. The maximum Gasteiger partial charge on any atom is 0.416 e. The molecule has 0 saturated carbocycles. The van der Waals surface area contributed by atoms with Gasteiger partial charge in [0.2, 0.25) is 11.7 Å². The van der Waals surface area contributed by atoms with Crippen molar-refractivity contribution in [2.24, 2.45) is 0 Å². The molecule has 258 valence electrons. The fourth-order valence-corrected chi connectivity index (χ4v) is 5.99. The molecule has 17 heteroatoms. The van der Waals surface area contributed by atoms with Crippen molar-refractivity contribution in [2.75, 3.05) is 31.6 Å². The third-order valence-electron chi connectivity index (χ3n) is 8.28. The second-order valence-electron chi connectivity index (χ2n) is 11.6. The lowest BCUT2D eigenvalue weighted by Crippen LogP contribution is -2.41. The summed E-state index contributed by atoms with van der Waals surface area (Å²) in [5.41, 5.74) is -0.458. The first kappa shape index (κ1) is 34.1. The Balaban J connectivity index is 1.25. The van der Waals surface area contributed by atoms with Gasteiger partial charge in [0, 0.05) is 25.4 Å². The van der Waals surface area contributed by atoms with E-state index in [-0.39, 0.29) is 34.0 Å². The first-order valence-corrected chi connectivity index (χ1v) is 15.8. The van der Waals surface area contributed by atoms with Gasteiger partial charge < -0.3 is 29.4 Å². The first-order valence-electron chi connectivity index (χ1n) is 15.4. The standard InChI is InChI=1S/C32H31ClF3N7O6/c1-18(49-21-6-11-41(12-7-21)30(47)28-25(44)3-2-10-37-28)24-16-27(46)43-31(39-29(40-43)19-8-13-48-14-9-19)42(24)17-26(45)38-23-5-4-20(15-22(23)33)32(34,35)36/h2-5,8,10,15-16,18,21,44H,6-7,9,11-14,17H2,1H3,(H,38,45). The number of likely N-dealkylation sites (tertiary alicyclic amines) is 1. The number of hydrogen-bond acceptors (Lipinski definition) is 9. The van der Waals surface area contributed by atoms with Gasteiger partial charge in [-0.05, 0) is 62.1 Å². The van der Waals surface area contributed by atoms with Gasteiger partial charge in [-0.3, -0.25) is 14.4 Å². The number of carbonyl (C=O) groups excluding carboxylic acids is 2. The van der Waals surface area contributed by atoms with Crippen molar-refractivity contribution in [3.05, 3.63) is 86.8 Å². The number of aromatic hydroxyl groups is 1. The maximum absolute atomic E-state index is 13.4. The lowest BCUT2D eigenvalue weighted by Gasteiger charge is -2.33. The molecule has 6 rings (SSSR count). The molecule has 1 unspecified atom stereocenters. The zero-order valence-electron chi connectivity index (χ0n) is 26.1. The van der Waals surface area contributed by atoms with Crippen LogP contribution in [0.15, 0.2) is 53.5 Å². The molecule has 0 spiro atoms. The molecule has 3 aromatic heterocycles. The van der Waals surface area contributed by atoms with Gasteiger partial charge in [0.15, 0.2) is 11.5 Å². The fourth-order valence-electron chi connectivity index (χ4n) is 5.76. The van der Waals surface area contributed by atoms with E-state index in [1.807, 2.05) is 6.08 Å². The van der Waals surface area contributed by atoms with Gasteiger partial charge in [0.05, 0.1) is 47.4 Å². The van der Waals surface area contributed by atoms with Gasteiger partial charge in [-0.15, -0.1) is 5.10 Å². The molecule has 49 heavy (non-hydrogen) atoms. The Hall–Kier alpha value is -4.80. The molecule has 2 amide bonds. The third kappa shape index (κ3) is 7.45. The number of pyridine rings is 1. The van der Waals surface area contributed by atoms with Gasteiger partial charge in [-0.25, -0.2) is 4.98 Å². The highest BCUT2D eigenvalue weighted by Gasteiger charge is 2.32. The summed E-state index contributed by atoms with van der Waals surface area (Å²) in [7, 11) is 0. The number of ether oxygens (including phenoxy) is 2. The molecule has 5 heterocycles. The summed E-state index contributed by atoms with van der Waals surface area (Å²) in [6.07, 6.45) is -1.01. The third-order valence-corrected chi connectivity index (χ3v) is 8.59. The Morgan fingerprint density at radius 1 is 1.20 bits per heavy atom. The molecule has 0 bridgehead atoms. The van der Waals surface area contributed by atoms with Crippen LogP contribution in [0.5, 0.6) is 5.75 Å². The van der Waals surface area contributed by atoms with Gasteiger partial charge in [-0.2, -0.15) is 22.7 Å². The second-order valence-corrected chi connectivity index (χ2v) is 12.0. The Morgan fingerprint density at radius 2 is 1.98 bits per heavy atom. The van der Waals surface area contributed by atoms with Crippen LogP contribution in [0.25, 0.3) is 11.4 Å². The quantitative estimate of drug-likeness (QED) is 0.271. The van der Waals surface area contributed by atoms with E-state index in [0.717, 1.165) is 28.3 Å². The number of benzene rings is 1. The predicted octanol–water partition coefficient (Wildman–Crippen LogP) is 4.49. The minimum Gasteiger partial charge on any atom is -0.505 e. The smallest absolute Gasteiger partial charge is 0.416 e. The SMILES string of the molecule is CC(OC1CCN(C(=O)c2ncccc2O)CC1)c1cc(=O)n2nc(C3=CCOCC3)nc2n1CC(=O)Nc1ccc(C(F)(F)F)cc1Cl. The molecular formula is C32H31ClF3N7O6. The Labute approximate surface area is 281 Å². The van der Waals surface area contributed by atoms with Crippen LogP contribution in [0.4, 0.5) is 18.9 Å². The molecule has 1 fully saturated rings. The Bertz CT molecular complexity index is 1990. The monoisotopic (exact) mass is 701 g/mol. The van der Waals surface area contributed by atoms with E-state index in [0.29, 0.717) is 57.1 Å². The van der Waals surface area contributed by atoms with E-state index < -0.39 is 41.8 Å². The molecule has 4 aromatic rings. The number of rotatable bonds is 8. The number of hydrogen-bond donors (Lipinski definition) is 2. The highest BCUT2D eigenvalue weighted by Crippen LogP contribution is 2.34. The van der Waals surface area contributed by atoms with Crippen LogP contribution in [0.3, 0.4) is 0 Å². The van der Waals surface area contributed by atoms with E-state index in [1.165, 1.54) is 29.0 Å². The number of halogens is 4. The number of amides is 2. The van der Waals surface area contributed by atoms with Crippen LogP contribution in [0.1, 0.15) is 59.9 Å². The van der Waals surface area contributed by atoms with E-state index in [2.05, 4.69) is 20.4 Å². The molecule has 2 aliphatic rings. The van der Waals surface area contributed by atoms with E-state index in [9.17, 15) is 32.7 Å². The largest absolute Gasteiger partial charge is 0.505 e. The number of anilines is 1. The summed E-state index contributed by atoms with van der Waals surface area (Å²) in [4.78, 5) is 49.8. The number of carbonyl (C=O) groups is 2. The van der Waals surface area contributed by atoms with E-state index >= 15 is 0 Å². The van der Waals surface area contributed by atoms with Crippen molar-refractivity contribution < 1.29 is 37.3 Å². The molecular weight excluding hydrogens is 671 g/mol. The molecule has 1 atom stereocenters. The molecule has 2 aliphatic heterocycles. The second kappa shape index (κ2) is 14.0. The van der Waals surface area contributed by atoms with Crippen LogP contribution in [0.2, 0.25) is 5.02 Å². The lowest BCUT2D eigenvalue weighted by atomic mass is 10.1. The van der Waals surface area contributed by atoms with Crippen LogP contribution >= 0.6 is 11.6 Å². The van der Waals surface area contributed by atoms with Gasteiger partial charge >= 0.3 is 6.18 Å². The minimum absolute atomic E-state index is 0.0302. The summed E-state index contributed by atoms with van der Waals surface area (Å²) in [5.74, 6) is -0.903. The Kier molecular flexibility index (Phi) is 9.72. The average molecular weight is 702 g/mol. The van der Waals surface area contributed by atoms with Crippen LogP contribution in [0, 0.1) is 0 Å². The number of aromatic nitrogens is 5. The van der Waals surface area contributed by atoms with E-state index in [4.69, 9.17) is 21.1 Å². The first-order chi connectivity index (χ1) is 23.4. The van der Waals surface area contributed by atoms with Crippen LogP contribution in [-0.4, -0.2) is 78.4 Å². The molecule has 0 aliphatic carbocycles. The van der Waals surface area contributed by atoms with Crippen molar-refractivity contribution in [1.29, 1.82) is 0 Å². The molecule has 1 saturated heterocycles. The van der Waals surface area contributed by atoms with Gasteiger partial charge in [-0.1, -0.05) is 17.7 Å². The summed E-state index contributed by atoms with van der Waals surface area (Å²) in [6, 6.07) is 6.82. The average Bonchev–Trinajstić information content (AvgIpc) is 3.54. The number of alkyl halides is 3. The van der Waals surface area contributed by atoms with Crippen LogP contribution in [-0.2, 0) is 27.0 Å². The van der Waals surface area contributed by atoms with Crippen molar-refractivity contribution in [2.45, 2.75) is 51.1 Å². The zero-order valence-corrected chi connectivity index (χ0v) is 26.9. The van der Waals surface area contributed by atoms with Crippen molar-refractivity contribution in [3.8, 4) is 5.75 Å². The van der Waals surface area contributed by atoms with E-state index in [1.54, 1.807) is 11.8 Å². The lowest BCUT2D eigenvalue weighted by molar-refractivity contribution is -0.137. The highest BCUT2D eigenvalue weighted by atomic mass is 35.5. The summed E-state index contributed by atoms with van der Waals surface area (Å²) >= 11 is 6.08. The summed E-state index contributed by atoms with van der Waals surface area (Å²) in [5, 5.41) is 16.7. The normalized spacial score (nSPS) is 16.4. The molecule has 0 radical (unpaired) electrons. The summed E-state index contributed by atoms with van der Waals surface area (Å²) < 4.78 is 53.7. The summed E-state index contributed by atoms with van der Waals surface area (Å²) in [6.45, 7) is 2.78. The Morgan fingerprint density at radius 3 is 2.65 bits per heavy atom. The van der Waals surface area contributed by atoms with Crippen molar-refractivity contribution in [3.63, 3.8) is 0 Å².